The van der Waals surface area contributed by atoms with Gasteiger partial charge in [-0.2, -0.15) is 23.7 Å². The number of halogens is 3. The summed E-state index contributed by atoms with van der Waals surface area (Å²) in [6.45, 7) is 8.49. The van der Waals surface area contributed by atoms with Crippen molar-refractivity contribution in [3.05, 3.63) is 263 Å². The Morgan fingerprint density at radius 3 is 1.11 bits per heavy atom. The van der Waals surface area contributed by atoms with Crippen LogP contribution >= 0.6 is 0 Å². The lowest BCUT2D eigenvalue weighted by molar-refractivity contribution is -0.137. The molecule has 0 bridgehead atoms. The molecule has 0 aliphatic rings. The summed E-state index contributed by atoms with van der Waals surface area (Å²) in [4.78, 5) is 0. The van der Waals surface area contributed by atoms with Gasteiger partial charge < -0.3 is 9.13 Å². The summed E-state index contributed by atoms with van der Waals surface area (Å²) in [5, 5.41) is 25.9. The second kappa shape index (κ2) is 19.4. The molecule has 0 aliphatic carbocycles. The lowest BCUT2D eigenvalue weighted by atomic mass is 9.91. The first kappa shape index (κ1) is 49.4. The molecule has 0 saturated heterocycles. The second-order valence-corrected chi connectivity index (χ2v) is 20.8. The van der Waals surface area contributed by atoms with Gasteiger partial charge in [-0.05, 0) is 197 Å². The van der Waals surface area contributed by atoms with Crippen molar-refractivity contribution in [3.63, 3.8) is 0 Å². The van der Waals surface area contributed by atoms with Crippen molar-refractivity contribution in [1.82, 2.24) is 9.13 Å². The number of benzene rings is 11. The number of aromatic nitrogens is 2. The van der Waals surface area contributed by atoms with Crippen LogP contribution in [0.2, 0.25) is 0 Å². The maximum absolute atomic E-state index is 14.2. The van der Waals surface area contributed by atoms with Crippen LogP contribution < -0.4 is 0 Å². The number of hydrogen-bond donors (Lipinski definition) is 0. The fourth-order valence-electron chi connectivity index (χ4n) is 12.0. The molecule has 0 unspecified atom stereocenters. The Morgan fingerprint density at radius 2 is 0.713 bits per heavy atom. The van der Waals surface area contributed by atoms with E-state index in [0.717, 1.165) is 123 Å². The second-order valence-electron chi connectivity index (χ2n) is 20.8. The fourth-order valence-corrected chi connectivity index (χ4v) is 12.0. The largest absolute Gasteiger partial charge is 0.416 e. The first-order chi connectivity index (χ1) is 38.9. The third-order valence-electron chi connectivity index (χ3n) is 16.0. The smallest absolute Gasteiger partial charge is 0.309 e. The van der Waals surface area contributed by atoms with Gasteiger partial charge in [0.15, 0.2) is 0 Å². The monoisotopic (exact) mass is 1040 g/mol. The zero-order valence-corrected chi connectivity index (χ0v) is 44.3. The van der Waals surface area contributed by atoms with E-state index in [1.807, 2.05) is 42.5 Å². The van der Waals surface area contributed by atoms with Gasteiger partial charge in [-0.25, -0.2) is 0 Å². The van der Waals surface area contributed by atoms with Crippen LogP contribution in [0.25, 0.3) is 122 Å². The van der Waals surface area contributed by atoms with Crippen molar-refractivity contribution in [2.45, 2.75) is 33.9 Å². The molecule has 0 saturated carbocycles. The van der Waals surface area contributed by atoms with Crippen molar-refractivity contribution >= 4 is 43.6 Å². The van der Waals surface area contributed by atoms with Gasteiger partial charge in [-0.3, -0.25) is 0 Å². The van der Waals surface area contributed by atoms with Crippen LogP contribution in [0.1, 0.15) is 38.9 Å². The highest BCUT2D eigenvalue weighted by molar-refractivity contribution is 6.14. The van der Waals surface area contributed by atoms with Gasteiger partial charge in [-0.15, -0.1) is 0 Å². The zero-order chi connectivity index (χ0) is 55.0. The summed E-state index contributed by atoms with van der Waals surface area (Å²) < 4.78 is 47.1. The summed E-state index contributed by atoms with van der Waals surface area (Å²) in [7, 11) is 0. The Balaban J connectivity index is 1.09. The number of aryl methyl sites for hydroxylation is 4. The molecule has 80 heavy (non-hydrogen) atoms. The van der Waals surface area contributed by atoms with Gasteiger partial charge in [0, 0.05) is 38.4 Å². The molecule has 0 radical (unpaired) electrons. The lowest BCUT2D eigenvalue weighted by Crippen LogP contribution is -2.05. The molecule has 0 aliphatic heterocycles. The number of alkyl halides is 3. The molecule has 13 aromatic rings. The lowest BCUT2D eigenvalue weighted by Gasteiger charge is -2.19. The normalized spacial score (nSPS) is 11.7. The minimum atomic E-state index is -4.65. The van der Waals surface area contributed by atoms with E-state index < -0.39 is 11.7 Å². The molecule has 11 aromatic carbocycles. The third kappa shape index (κ3) is 8.31. The molecule has 2 heterocycles. The molecule has 0 spiro atoms. The number of rotatable bonds is 8. The van der Waals surface area contributed by atoms with Crippen LogP contribution in [0.5, 0.6) is 0 Å². The Labute approximate surface area is 461 Å². The molecule has 0 amide bonds. The molecule has 0 N–H and O–H groups in total. The Morgan fingerprint density at radius 1 is 0.325 bits per heavy atom. The predicted molar refractivity (Wildman–Crippen MR) is 321 cm³/mol. The summed E-state index contributed by atoms with van der Waals surface area (Å²) in [6.07, 6.45) is -4.65. The van der Waals surface area contributed by atoms with E-state index in [4.69, 9.17) is 0 Å². The number of nitriles is 2. The fraction of sp³-hybridized carbons (Fsp3) is 0.0685. The van der Waals surface area contributed by atoms with Crippen LogP contribution in [-0.4, -0.2) is 9.13 Å². The van der Waals surface area contributed by atoms with Crippen LogP contribution in [0.4, 0.5) is 13.2 Å². The Bertz CT molecular complexity index is 4580. The highest BCUT2D eigenvalue weighted by atomic mass is 19.4. The molecule has 13 rings (SSSR count). The molecule has 0 atom stereocenters. The maximum atomic E-state index is 14.2. The molecule has 7 heteroatoms. The Kier molecular flexibility index (Phi) is 11.9. The van der Waals surface area contributed by atoms with Gasteiger partial charge in [0.2, 0.25) is 0 Å². The van der Waals surface area contributed by atoms with Gasteiger partial charge in [0.1, 0.15) is 0 Å². The van der Waals surface area contributed by atoms with E-state index in [1.54, 1.807) is 0 Å². The van der Waals surface area contributed by atoms with Crippen LogP contribution in [0.3, 0.4) is 0 Å². The number of nitrogens with zero attached hydrogens (tertiary/aromatic N) is 4. The quantitative estimate of drug-likeness (QED) is 0.152. The number of fused-ring (bicyclic) bond motifs is 6. The SMILES string of the molecule is Cc1ccccc1-c1ccc2c(c1)c1cc(-c3ccccc3C)ccc1n2-c1ccc(C#N)c(-c2cc(-c3ccc(C(F)(F)F)cc3C#N)ccc2-n2c3ccc(-c4ccccc4C)cc3c3cc(-c4ccccc4C)ccc32)c1. The van der Waals surface area contributed by atoms with E-state index in [9.17, 15) is 23.7 Å². The van der Waals surface area contributed by atoms with Crippen molar-refractivity contribution in [2.75, 3.05) is 0 Å². The summed E-state index contributed by atoms with van der Waals surface area (Å²) in [5.74, 6) is 0. The highest BCUT2D eigenvalue weighted by Gasteiger charge is 2.31. The molecular formula is C73H49F3N4. The summed E-state index contributed by atoms with van der Waals surface area (Å²) >= 11 is 0. The van der Waals surface area contributed by atoms with Crippen molar-refractivity contribution < 1.29 is 13.2 Å². The predicted octanol–water partition coefficient (Wildman–Crippen LogP) is 19.9. The van der Waals surface area contributed by atoms with Gasteiger partial charge in [-0.1, -0.05) is 133 Å². The van der Waals surface area contributed by atoms with E-state index in [2.05, 4.69) is 213 Å². The van der Waals surface area contributed by atoms with Crippen molar-refractivity contribution in [3.8, 4) is 90.3 Å². The minimum Gasteiger partial charge on any atom is -0.309 e. The maximum Gasteiger partial charge on any atom is 0.416 e. The Hall–Kier alpha value is -10.2. The van der Waals surface area contributed by atoms with E-state index >= 15 is 0 Å². The van der Waals surface area contributed by atoms with Crippen LogP contribution in [0.15, 0.2) is 224 Å². The minimum absolute atomic E-state index is 0.113. The van der Waals surface area contributed by atoms with E-state index in [-0.39, 0.29) is 5.56 Å². The highest BCUT2D eigenvalue weighted by Crippen LogP contribution is 2.45. The van der Waals surface area contributed by atoms with E-state index in [0.29, 0.717) is 27.8 Å². The summed E-state index contributed by atoms with van der Waals surface area (Å²) in [5.41, 5.74) is 20.4. The topological polar surface area (TPSA) is 57.4 Å². The molecule has 4 nitrogen and oxygen atoms in total. The van der Waals surface area contributed by atoms with E-state index in [1.165, 1.54) is 17.2 Å². The van der Waals surface area contributed by atoms with Crippen LogP contribution in [-0.2, 0) is 6.18 Å². The average Bonchev–Trinajstić information content (AvgIpc) is 3.99. The van der Waals surface area contributed by atoms with Crippen molar-refractivity contribution in [1.29, 1.82) is 10.5 Å². The first-order valence-electron chi connectivity index (χ1n) is 26.6. The molecular weight excluding hydrogens is 990 g/mol. The van der Waals surface area contributed by atoms with Gasteiger partial charge in [0.05, 0.1) is 56.6 Å². The summed E-state index contributed by atoms with van der Waals surface area (Å²) in [6, 6.07) is 79.4. The first-order valence-corrected chi connectivity index (χ1v) is 26.6. The molecule has 0 fully saturated rings. The standard InChI is InChI=1S/C73H49F3N4/c1-44-13-5-9-17-57(44)48-22-30-68-64(36-48)65-37-49(58-18-10-6-14-45(58)2)23-31-69(65)79(68)56-28-21-53(42-77)62(41-56)63-40-52(61-29-27-55(73(74,75)76)35-54(61)43-78)26-34-70(63)80-71-32-24-50(59-19-11-7-15-46(59)3)38-66(71)67-39-51(25-33-72(67)80)60-20-12-8-16-47(60)4/h5-41H,1-4H3. The third-order valence-corrected chi connectivity index (χ3v) is 16.0. The van der Waals surface area contributed by atoms with Crippen molar-refractivity contribution in [2.24, 2.45) is 0 Å². The number of hydrogen-bond acceptors (Lipinski definition) is 2. The zero-order valence-electron chi connectivity index (χ0n) is 44.3. The average molecular weight is 1040 g/mol. The van der Waals surface area contributed by atoms with Crippen LogP contribution in [0, 0.1) is 50.4 Å². The molecule has 382 valence electrons. The van der Waals surface area contributed by atoms with Gasteiger partial charge in [0.25, 0.3) is 0 Å². The van der Waals surface area contributed by atoms with Gasteiger partial charge >= 0.3 is 6.18 Å². The molecule has 2 aromatic heterocycles.